The van der Waals surface area contributed by atoms with Gasteiger partial charge in [0.15, 0.2) is 0 Å². The lowest BCUT2D eigenvalue weighted by Crippen LogP contribution is -2.35. The summed E-state index contributed by atoms with van der Waals surface area (Å²) in [6.45, 7) is 10.7. The molecule has 0 amide bonds. The molecular formula is C26H36O4. The lowest BCUT2D eigenvalue weighted by atomic mass is 9.66. The van der Waals surface area contributed by atoms with Crippen LogP contribution in [0.5, 0.6) is 11.5 Å². The van der Waals surface area contributed by atoms with Crippen molar-refractivity contribution in [1.29, 1.82) is 0 Å². The number of aliphatic hydroxyl groups is 2. The molecule has 0 spiro atoms. The lowest BCUT2D eigenvalue weighted by molar-refractivity contribution is 0.101. The largest absolute Gasteiger partial charge is 0.496 e. The van der Waals surface area contributed by atoms with Crippen LogP contribution in [0, 0.1) is 11.8 Å². The molecule has 1 aliphatic rings. The van der Waals surface area contributed by atoms with Gasteiger partial charge < -0.3 is 19.7 Å². The van der Waals surface area contributed by atoms with Gasteiger partial charge in [-0.3, -0.25) is 0 Å². The minimum Gasteiger partial charge on any atom is -0.496 e. The van der Waals surface area contributed by atoms with Gasteiger partial charge in [-0.05, 0) is 78.0 Å². The molecule has 0 heterocycles. The predicted octanol–water partition coefficient (Wildman–Crippen LogP) is 4.68. The number of benzene rings is 2. The van der Waals surface area contributed by atoms with Gasteiger partial charge in [-0.25, -0.2) is 0 Å². The third kappa shape index (κ3) is 4.50. The Morgan fingerprint density at radius 2 is 1.77 bits per heavy atom. The number of hydrogen-bond acceptors (Lipinski definition) is 4. The molecule has 4 heteroatoms. The quantitative estimate of drug-likeness (QED) is 0.723. The Bertz CT molecular complexity index is 866. The third-order valence-electron chi connectivity index (χ3n) is 6.18. The van der Waals surface area contributed by atoms with E-state index in [-0.39, 0.29) is 42.5 Å². The molecule has 4 nitrogen and oxygen atoms in total. The minimum absolute atomic E-state index is 0.0152. The first kappa shape index (κ1) is 22.6. The third-order valence-corrected chi connectivity index (χ3v) is 6.18. The maximum atomic E-state index is 10.3. The molecule has 0 fully saturated rings. The van der Waals surface area contributed by atoms with Crippen LogP contribution in [0.15, 0.2) is 36.4 Å². The van der Waals surface area contributed by atoms with Gasteiger partial charge in [0, 0.05) is 19.1 Å². The van der Waals surface area contributed by atoms with Crippen molar-refractivity contribution >= 4 is 0 Å². The van der Waals surface area contributed by atoms with Crippen molar-refractivity contribution < 1.29 is 19.7 Å². The van der Waals surface area contributed by atoms with Crippen LogP contribution in [0.2, 0.25) is 0 Å². The minimum atomic E-state index is -0.0768. The van der Waals surface area contributed by atoms with Crippen LogP contribution in [0.25, 0.3) is 0 Å². The second kappa shape index (κ2) is 8.99. The standard InChI is InChI=1S/C26H36O4/c1-16(2)30-20-9-7-17-11-19(14-27)22(15-28)25(21(17)13-20)18-8-10-24(29-6)23(12-18)26(3,4)5/h7-10,12-13,16,19,22,25,27-28H,11,14-15H2,1-6H3/t19-,22-,25-/m1/s1. The fourth-order valence-corrected chi connectivity index (χ4v) is 4.72. The Hall–Kier alpha value is -2.04. The Morgan fingerprint density at radius 3 is 2.33 bits per heavy atom. The molecule has 0 unspecified atom stereocenters. The molecule has 2 N–H and O–H groups in total. The molecular weight excluding hydrogens is 376 g/mol. The van der Waals surface area contributed by atoms with E-state index in [1.807, 2.05) is 26.0 Å². The van der Waals surface area contributed by atoms with Gasteiger partial charge in [-0.1, -0.05) is 39.0 Å². The highest BCUT2D eigenvalue weighted by molar-refractivity contribution is 5.49. The Labute approximate surface area is 180 Å². The first-order valence-electron chi connectivity index (χ1n) is 10.9. The summed E-state index contributed by atoms with van der Waals surface area (Å²) < 4.78 is 11.6. The smallest absolute Gasteiger partial charge is 0.122 e. The van der Waals surface area contributed by atoms with Crippen LogP contribution in [0.1, 0.15) is 62.8 Å². The number of methoxy groups -OCH3 is 1. The van der Waals surface area contributed by atoms with Crippen LogP contribution in [-0.2, 0) is 11.8 Å². The van der Waals surface area contributed by atoms with Crippen molar-refractivity contribution in [3.63, 3.8) is 0 Å². The highest BCUT2D eigenvalue weighted by atomic mass is 16.5. The number of ether oxygens (including phenoxy) is 2. The van der Waals surface area contributed by atoms with Gasteiger partial charge in [0.2, 0.25) is 0 Å². The van der Waals surface area contributed by atoms with E-state index >= 15 is 0 Å². The molecule has 0 aliphatic heterocycles. The summed E-state index contributed by atoms with van der Waals surface area (Å²) in [5, 5.41) is 20.4. The Kier molecular flexibility index (Phi) is 6.78. The van der Waals surface area contributed by atoms with E-state index in [2.05, 4.69) is 45.0 Å². The molecule has 3 rings (SSSR count). The first-order valence-corrected chi connectivity index (χ1v) is 10.9. The molecule has 0 saturated heterocycles. The predicted molar refractivity (Wildman–Crippen MR) is 121 cm³/mol. The van der Waals surface area contributed by atoms with E-state index in [0.717, 1.165) is 29.0 Å². The normalized spacial score (nSPS) is 21.4. The molecule has 0 radical (unpaired) electrons. The van der Waals surface area contributed by atoms with Crippen LogP contribution in [-0.4, -0.2) is 36.6 Å². The van der Waals surface area contributed by atoms with Crippen LogP contribution >= 0.6 is 0 Å². The fourth-order valence-electron chi connectivity index (χ4n) is 4.72. The molecule has 3 atom stereocenters. The SMILES string of the molecule is COc1ccc([C@@H]2c3cc(OC(C)C)ccc3C[C@H](CO)[C@H]2CO)cc1C(C)(C)C. The second-order valence-corrected chi connectivity index (χ2v) is 9.71. The number of hydrogen-bond donors (Lipinski definition) is 2. The topological polar surface area (TPSA) is 58.9 Å². The maximum Gasteiger partial charge on any atom is 0.122 e. The first-order chi connectivity index (χ1) is 14.2. The van der Waals surface area contributed by atoms with Gasteiger partial charge in [0.05, 0.1) is 13.2 Å². The van der Waals surface area contributed by atoms with E-state index < -0.39 is 0 Å². The number of aliphatic hydroxyl groups excluding tert-OH is 2. The molecule has 0 aromatic heterocycles. The highest BCUT2D eigenvalue weighted by Gasteiger charge is 2.38. The van der Waals surface area contributed by atoms with E-state index in [1.54, 1.807) is 7.11 Å². The van der Waals surface area contributed by atoms with Crippen molar-refractivity contribution in [3.05, 3.63) is 58.7 Å². The van der Waals surface area contributed by atoms with Crippen molar-refractivity contribution in [1.82, 2.24) is 0 Å². The average molecular weight is 413 g/mol. The summed E-state index contributed by atoms with van der Waals surface area (Å²) in [5.74, 6) is 1.66. The van der Waals surface area contributed by atoms with Gasteiger partial charge in [0.1, 0.15) is 11.5 Å². The molecule has 30 heavy (non-hydrogen) atoms. The van der Waals surface area contributed by atoms with Gasteiger partial charge >= 0.3 is 0 Å². The molecule has 1 aliphatic carbocycles. The zero-order chi connectivity index (χ0) is 22.1. The van der Waals surface area contributed by atoms with Crippen LogP contribution in [0.3, 0.4) is 0 Å². The van der Waals surface area contributed by atoms with E-state index in [1.165, 1.54) is 11.1 Å². The Morgan fingerprint density at radius 1 is 1.03 bits per heavy atom. The molecule has 164 valence electrons. The summed E-state index contributed by atoms with van der Waals surface area (Å²) in [7, 11) is 1.70. The highest BCUT2D eigenvalue weighted by Crippen LogP contribution is 2.46. The maximum absolute atomic E-state index is 10.3. The van der Waals surface area contributed by atoms with Crippen molar-refractivity contribution in [2.24, 2.45) is 11.8 Å². The van der Waals surface area contributed by atoms with Crippen molar-refractivity contribution in [3.8, 4) is 11.5 Å². The summed E-state index contributed by atoms with van der Waals surface area (Å²) >= 11 is 0. The zero-order valence-corrected chi connectivity index (χ0v) is 19.1. The van der Waals surface area contributed by atoms with Gasteiger partial charge in [-0.2, -0.15) is 0 Å². The van der Waals surface area contributed by atoms with Gasteiger partial charge in [-0.15, -0.1) is 0 Å². The van der Waals surface area contributed by atoms with Gasteiger partial charge in [0.25, 0.3) is 0 Å². The van der Waals surface area contributed by atoms with Crippen molar-refractivity contribution in [2.45, 2.75) is 58.5 Å². The molecule has 2 aromatic rings. The zero-order valence-electron chi connectivity index (χ0n) is 19.1. The second-order valence-electron chi connectivity index (χ2n) is 9.71. The summed E-state index contributed by atoms with van der Waals surface area (Å²) in [6.07, 6.45) is 0.857. The summed E-state index contributed by atoms with van der Waals surface area (Å²) in [6, 6.07) is 12.6. The van der Waals surface area contributed by atoms with Crippen LogP contribution in [0.4, 0.5) is 0 Å². The molecule has 2 aromatic carbocycles. The fraction of sp³-hybridized carbons (Fsp3) is 0.538. The van der Waals surface area contributed by atoms with E-state index in [4.69, 9.17) is 9.47 Å². The van der Waals surface area contributed by atoms with E-state index in [0.29, 0.717) is 0 Å². The molecule has 0 saturated carbocycles. The Balaban J connectivity index is 2.18. The number of fused-ring (bicyclic) bond motifs is 1. The molecule has 0 bridgehead atoms. The lowest BCUT2D eigenvalue weighted by Gasteiger charge is -2.39. The number of rotatable bonds is 6. The van der Waals surface area contributed by atoms with Crippen molar-refractivity contribution in [2.75, 3.05) is 20.3 Å². The van der Waals surface area contributed by atoms with Crippen LogP contribution < -0.4 is 9.47 Å². The summed E-state index contributed by atoms with van der Waals surface area (Å²) in [5.41, 5.74) is 4.60. The van der Waals surface area contributed by atoms with E-state index in [9.17, 15) is 10.2 Å². The monoisotopic (exact) mass is 412 g/mol. The summed E-state index contributed by atoms with van der Waals surface area (Å²) in [4.78, 5) is 0. The average Bonchev–Trinajstić information content (AvgIpc) is 2.70.